The lowest BCUT2D eigenvalue weighted by Gasteiger charge is -2.35. The van der Waals surface area contributed by atoms with E-state index >= 15 is 0 Å². The highest BCUT2D eigenvalue weighted by atomic mass is 16.2. The van der Waals surface area contributed by atoms with Gasteiger partial charge in [0.25, 0.3) is 0 Å². The highest BCUT2D eigenvalue weighted by molar-refractivity contribution is 5.84. The molecule has 1 saturated heterocycles. The Hall–Kier alpha value is -1.77. The minimum atomic E-state index is -0.264. The second-order valence-corrected chi connectivity index (χ2v) is 7.96. The molecule has 2 heterocycles. The van der Waals surface area contributed by atoms with Crippen molar-refractivity contribution < 1.29 is 4.79 Å². The van der Waals surface area contributed by atoms with Gasteiger partial charge in [0, 0.05) is 35.1 Å². The smallest absolute Gasteiger partial charge is 0.227 e. The van der Waals surface area contributed by atoms with Gasteiger partial charge in [-0.05, 0) is 43.7 Å². The Morgan fingerprint density at radius 3 is 2.52 bits per heavy atom. The number of para-hydroxylation sites is 1. The lowest BCUT2D eigenvalue weighted by molar-refractivity contribution is -0.140. The molecule has 0 unspecified atom stereocenters. The van der Waals surface area contributed by atoms with Gasteiger partial charge in [0.1, 0.15) is 0 Å². The Bertz CT molecular complexity index is 700. The predicted octanol–water partition coefficient (Wildman–Crippen LogP) is 4.30. The van der Waals surface area contributed by atoms with Crippen LogP contribution in [0.3, 0.4) is 0 Å². The molecule has 3 rings (SSSR count). The molecular weight excluding hydrogens is 284 g/mol. The van der Waals surface area contributed by atoms with Gasteiger partial charge in [-0.25, -0.2) is 0 Å². The van der Waals surface area contributed by atoms with Crippen molar-refractivity contribution in [1.29, 1.82) is 0 Å². The van der Waals surface area contributed by atoms with Crippen molar-refractivity contribution in [2.24, 2.45) is 11.3 Å². The van der Waals surface area contributed by atoms with Gasteiger partial charge in [0.05, 0.1) is 0 Å². The van der Waals surface area contributed by atoms with Crippen LogP contribution in [0.25, 0.3) is 10.9 Å². The number of amides is 1. The molecule has 0 atom stereocenters. The Labute approximate surface area is 139 Å². The van der Waals surface area contributed by atoms with Crippen LogP contribution in [0.4, 0.5) is 0 Å². The molecule has 1 aliphatic rings. The van der Waals surface area contributed by atoms with Crippen LogP contribution < -0.4 is 0 Å². The van der Waals surface area contributed by atoms with Crippen molar-refractivity contribution in [1.82, 2.24) is 9.88 Å². The molecule has 1 amide bonds. The first-order chi connectivity index (χ1) is 10.9. The standard InChI is InChI=1S/C20H28N2O/c1-14-17(16-7-5-6-8-18(16)21-14)13-15-9-11-22(12-10-15)19(23)20(2,3)4/h5-8,15,21H,9-13H2,1-4H3. The molecule has 0 aliphatic carbocycles. The van der Waals surface area contributed by atoms with Gasteiger partial charge in [-0.15, -0.1) is 0 Å². The number of aryl methyl sites for hydroxylation is 1. The number of rotatable bonds is 2. The Kier molecular flexibility index (Phi) is 4.22. The zero-order valence-corrected chi connectivity index (χ0v) is 14.8. The monoisotopic (exact) mass is 312 g/mol. The second kappa shape index (κ2) is 6.03. The van der Waals surface area contributed by atoms with E-state index in [-0.39, 0.29) is 5.41 Å². The van der Waals surface area contributed by atoms with Gasteiger partial charge in [-0.3, -0.25) is 4.79 Å². The number of carbonyl (C=O) groups is 1. The first kappa shape index (κ1) is 16.1. The molecule has 124 valence electrons. The van der Waals surface area contributed by atoms with E-state index in [9.17, 15) is 4.79 Å². The van der Waals surface area contributed by atoms with Gasteiger partial charge in [-0.1, -0.05) is 39.0 Å². The quantitative estimate of drug-likeness (QED) is 0.881. The molecule has 1 aliphatic heterocycles. The Morgan fingerprint density at radius 2 is 1.87 bits per heavy atom. The Morgan fingerprint density at radius 1 is 1.22 bits per heavy atom. The summed E-state index contributed by atoms with van der Waals surface area (Å²) in [5, 5.41) is 1.36. The minimum Gasteiger partial charge on any atom is -0.358 e. The SMILES string of the molecule is Cc1[nH]c2ccccc2c1CC1CCN(C(=O)C(C)(C)C)CC1. The van der Waals surface area contributed by atoms with Crippen LogP contribution in [-0.4, -0.2) is 28.9 Å². The van der Waals surface area contributed by atoms with Crippen LogP contribution in [0.15, 0.2) is 24.3 Å². The first-order valence-electron chi connectivity index (χ1n) is 8.72. The maximum Gasteiger partial charge on any atom is 0.227 e. The number of fused-ring (bicyclic) bond motifs is 1. The molecule has 23 heavy (non-hydrogen) atoms. The summed E-state index contributed by atoms with van der Waals surface area (Å²) in [6, 6.07) is 8.56. The van der Waals surface area contributed by atoms with Crippen molar-refractivity contribution >= 4 is 16.8 Å². The number of likely N-dealkylation sites (tertiary alicyclic amines) is 1. The number of nitrogens with one attached hydrogen (secondary N) is 1. The van der Waals surface area contributed by atoms with Crippen molar-refractivity contribution in [2.75, 3.05) is 13.1 Å². The van der Waals surface area contributed by atoms with Crippen molar-refractivity contribution in [2.45, 2.75) is 47.0 Å². The largest absolute Gasteiger partial charge is 0.358 e. The summed E-state index contributed by atoms with van der Waals surface area (Å²) in [4.78, 5) is 17.9. The summed E-state index contributed by atoms with van der Waals surface area (Å²) in [5.74, 6) is 0.969. The molecule has 1 aromatic carbocycles. The number of aromatic amines is 1. The summed E-state index contributed by atoms with van der Waals surface area (Å²) in [5.41, 5.74) is 3.72. The molecule has 1 N–H and O–H groups in total. The van der Waals surface area contributed by atoms with Crippen LogP contribution >= 0.6 is 0 Å². The number of nitrogens with zero attached hydrogens (tertiary/aromatic N) is 1. The lowest BCUT2D eigenvalue weighted by atomic mass is 9.87. The molecule has 0 saturated carbocycles. The van der Waals surface area contributed by atoms with Gasteiger partial charge < -0.3 is 9.88 Å². The van der Waals surface area contributed by atoms with E-state index in [0.29, 0.717) is 11.8 Å². The molecule has 3 heteroatoms. The second-order valence-electron chi connectivity index (χ2n) is 7.96. The van der Waals surface area contributed by atoms with Crippen LogP contribution in [0.5, 0.6) is 0 Å². The van der Waals surface area contributed by atoms with Gasteiger partial charge in [0.15, 0.2) is 0 Å². The van der Waals surface area contributed by atoms with E-state index in [2.05, 4.69) is 41.1 Å². The summed E-state index contributed by atoms with van der Waals surface area (Å²) in [6.07, 6.45) is 3.34. The normalized spacial score (nSPS) is 17.0. The molecule has 0 spiro atoms. The summed E-state index contributed by atoms with van der Waals surface area (Å²) < 4.78 is 0. The average molecular weight is 312 g/mol. The number of carbonyl (C=O) groups excluding carboxylic acids is 1. The third-order valence-electron chi connectivity index (χ3n) is 5.06. The maximum absolute atomic E-state index is 12.4. The van der Waals surface area contributed by atoms with E-state index < -0.39 is 0 Å². The fraction of sp³-hybridized carbons (Fsp3) is 0.550. The zero-order valence-electron chi connectivity index (χ0n) is 14.8. The summed E-state index contributed by atoms with van der Waals surface area (Å²) in [7, 11) is 0. The lowest BCUT2D eigenvalue weighted by Crippen LogP contribution is -2.44. The van der Waals surface area contributed by atoms with E-state index in [1.165, 1.54) is 22.2 Å². The first-order valence-corrected chi connectivity index (χ1v) is 8.72. The van der Waals surface area contributed by atoms with E-state index in [1.807, 2.05) is 20.8 Å². The van der Waals surface area contributed by atoms with Gasteiger partial charge >= 0.3 is 0 Å². The predicted molar refractivity (Wildman–Crippen MR) is 95.5 cm³/mol. The maximum atomic E-state index is 12.4. The third-order valence-corrected chi connectivity index (χ3v) is 5.06. The topological polar surface area (TPSA) is 36.1 Å². The van der Waals surface area contributed by atoms with Crippen molar-refractivity contribution in [3.8, 4) is 0 Å². The van der Waals surface area contributed by atoms with Crippen LogP contribution in [-0.2, 0) is 11.2 Å². The minimum absolute atomic E-state index is 0.264. The molecule has 3 nitrogen and oxygen atoms in total. The third kappa shape index (κ3) is 3.29. The van der Waals surface area contributed by atoms with Crippen LogP contribution in [0.2, 0.25) is 0 Å². The highest BCUT2D eigenvalue weighted by Crippen LogP contribution is 2.30. The van der Waals surface area contributed by atoms with Crippen molar-refractivity contribution in [3.63, 3.8) is 0 Å². The zero-order chi connectivity index (χ0) is 16.6. The number of H-pyrrole nitrogens is 1. The number of benzene rings is 1. The van der Waals surface area contributed by atoms with E-state index in [1.54, 1.807) is 0 Å². The van der Waals surface area contributed by atoms with E-state index in [4.69, 9.17) is 0 Å². The average Bonchev–Trinajstić information content (AvgIpc) is 2.82. The number of piperidine rings is 1. The Balaban J connectivity index is 1.67. The van der Waals surface area contributed by atoms with Gasteiger partial charge in [-0.2, -0.15) is 0 Å². The van der Waals surface area contributed by atoms with E-state index in [0.717, 1.165) is 32.4 Å². The molecule has 1 aromatic heterocycles. The fourth-order valence-corrected chi connectivity index (χ4v) is 3.70. The number of hydrogen-bond donors (Lipinski definition) is 1. The summed E-state index contributed by atoms with van der Waals surface area (Å²) in [6.45, 7) is 10.0. The van der Waals surface area contributed by atoms with Crippen molar-refractivity contribution in [3.05, 3.63) is 35.5 Å². The van der Waals surface area contributed by atoms with Crippen LogP contribution in [0.1, 0.15) is 44.9 Å². The highest BCUT2D eigenvalue weighted by Gasteiger charge is 2.30. The van der Waals surface area contributed by atoms with Crippen LogP contribution in [0, 0.1) is 18.3 Å². The number of aromatic nitrogens is 1. The molecule has 0 radical (unpaired) electrons. The summed E-state index contributed by atoms with van der Waals surface area (Å²) >= 11 is 0. The number of hydrogen-bond acceptors (Lipinski definition) is 1. The molecule has 0 bridgehead atoms. The molecule has 1 fully saturated rings. The molecular formula is C20H28N2O. The fourth-order valence-electron chi connectivity index (χ4n) is 3.70. The molecule has 2 aromatic rings. The van der Waals surface area contributed by atoms with Gasteiger partial charge in [0.2, 0.25) is 5.91 Å².